The van der Waals surface area contributed by atoms with Gasteiger partial charge >= 0.3 is 0 Å². The highest BCUT2D eigenvalue weighted by molar-refractivity contribution is 7.26. The van der Waals surface area contributed by atoms with Crippen molar-refractivity contribution >= 4 is 81.1 Å². The molecule has 0 unspecified atom stereocenters. The summed E-state index contributed by atoms with van der Waals surface area (Å²) in [4.78, 5) is 2.42. The molecule has 0 aliphatic carbocycles. The quantitative estimate of drug-likeness (QED) is 0.165. The number of hydrogen-bond donors (Lipinski definition) is 0. The summed E-state index contributed by atoms with van der Waals surface area (Å²) >= 11 is 1.88. The highest BCUT2D eigenvalue weighted by atomic mass is 32.1. The van der Waals surface area contributed by atoms with Gasteiger partial charge in [0, 0.05) is 53.4 Å². The molecule has 0 atom stereocenters. The molecule has 0 radical (unpaired) electrons. The summed E-state index contributed by atoms with van der Waals surface area (Å²) in [5.74, 6) is 0. The zero-order valence-corrected chi connectivity index (χ0v) is 31.7. The van der Waals surface area contributed by atoms with Crippen molar-refractivity contribution in [1.82, 2.24) is 4.57 Å². The van der Waals surface area contributed by atoms with Crippen LogP contribution in [-0.4, -0.2) is 4.57 Å². The van der Waals surface area contributed by atoms with Gasteiger partial charge in [-0.3, -0.25) is 0 Å². The van der Waals surface area contributed by atoms with E-state index in [1.165, 1.54) is 86.3 Å². The first-order valence-electron chi connectivity index (χ1n) is 19.2. The molecule has 3 heteroatoms. The van der Waals surface area contributed by atoms with Gasteiger partial charge in [0.15, 0.2) is 0 Å². The molecule has 2 nitrogen and oxygen atoms in total. The maximum absolute atomic E-state index is 2.42. The molecule has 264 valence electrons. The monoisotopic (exact) mass is 732 g/mol. The molecular formula is C53H36N2S. The molecular weight excluding hydrogens is 697 g/mol. The topological polar surface area (TPSA) is 8.17 Å². The van der Waals surface area contributed by atoms with Gasteiger partial charge < -0.3 is 9.47 Å². The van der Waals surface area contributed by atoms with Crippen molar-refractivity contribution in [2.24, 2.45) is 0 Å². The van der Waals surface area contributed by atoms with Crippen molar-refractivity contribution < 1.29 is 0 Å². The summed E-state index contributed by atoms with van der Waals surface area (Å²) < 4.78 is 5.04. The molecule has 0 saturated heterocycles. The Morgan fingerprint density at radius 3 is 1.93 bits per heavy atom. The van der Waals surface area contributed by atoms with E-state index in [0.717, 1.165) is 17.1 Å². The summed E-state index contributed by atoms with van der Waals surface area (Å²) in [6.45, 7) is 2.17. The van der Waals surface area contributed by atoms with Crippen LogP contribution >= 0.6 is 11.3 Å². The van der Waals surface area contributed by atoms with Crippen LogP contribution in [0.2, 0.25) is 0 Å². The minimum Gasteiger partial charge on any atom is -0.310 e. The number of benzene rings is 9. The number of aromatic nitrogens is 1. The Morgan fingerprint density at radius 1 is 0.411 bits per heavy atom. The van der Waals surface area contributed by atoms with Crippen molar-refractivity contribution in [3.63, 3.8) is 0 Å². The number of fused-ring (bicyclic) bond motifs is 7. The molecule has 0 N–H and O–H groups in total. The van der Waals surface area contributed by atoms with Crippen LogP contribution in [0.5, 0.6) is 0 Å². The Labute approximate surface area is 329 Å². The third kappa shape index (κ3) is 5.24. The second-order valence-electron chi connectivity index (χ2n) is 14.6. The Hall–Kier alpha value is -6.94. The van der Waals surface area contributed by atoms with Crippen LogP contribution in [0.15, 0.2) is 200 Å². The van der Waals surface area contributed by atoms with Gasteiger partial charge in [0.1, 0.15) is 0 Å². The van der Waals surface area contributed by atoms with Crippen molar-refractivity contribution in [2.45, 2.75) is 6.92 Å². The van der Waals surface area contributed by atoms with Gasteiger partial charge in [-0.2, -0.15) is 0 Å². The standard InChI is InChI=1S/C53H36N2S/c1-35-13-11-16-40(33-35)54(39-28-25-36(26-29-39)42-21-12-22-47-46-20-8-10-24-52(46)56-53(42)47)50-32-30-41(43-17-5-6-18-44(43)50)37-27-31-51-48(34-37)45-19-7-9-23-49(45)55(51)38-14-3-2-4-15-38/h2-34H,1H3. The van der Waals surface area contributed by atoms with Crippen molar-refractivity contribution in [1.29, 1.82) is 0 Å². The first-order valence-corrected chi connectivity index (χ1v) is 20.0. The lowest BCUT2D eigenvalue weighted by Gasteiger charge is -2.28. The van der Waals surface area contributed by atoms with E-state index in [9.17, 15) is 0 Å². The fraction of sp³-hybridized carbons (Fsp3) is 0.0189. The fourth-order valence-electron chi connectivity index (χ4n) is 8.68. The van der Waals surface area contributed by atoms with E-state index in [4.69, 9.17) is 0 Å². The summed E-state index contributed by atoms with van der Waals surface area (Å²) in [7, 11) is 0. The summed E-state index contributed by atoms with van der Waals surface area (Å²) in [6, 6.07) is 73.3. The predicted octanol–water partition coefficient (Wildman–Crippen LogP) is 15.4. The number of thiophene rings is 1. The molecule has 2 heterocycles. The third-order valence-electron chi connectivity index (χ3n) is 11.2. The van der Waals surface area contributed by atoms with E-state index < -0.39 is 0 Å². The van der Waals surface area contributed by atoms with Crippen LogP contribution < -0.4 is 4.90 Å². The van der Waals surface area contributed by atoms with E-state index in [-0.39, 0.29) is 0 Å². The van der Waals surface area contributed by atoms with Gasteiger partial charge in [-0.05, 0) is 107 Å². The number of nitrogens with zero attached hydrogens (tertiary/aromatic N) is 2. The first-order chi connectivity index (χ1) is 27.7. The largest absolute Gasteiger partial charge is 0.310 e. The Kier molecular flexibility index (Phi) is 7.61. The average Bonchev–Trinajstić information content (AvgIpc) is 3.80. The van der Waals surface area contributed by atoms with Crippen LogP contribution in [0, 0.1) is 6.92 Å². The van der Waals surface area contributed by atoms with E-state index in [1.807, 2.05) is 11.3 Å². The highest BCUT2D eigenvalue weighted by Crippen LogP contribution is 2.45. The second kappa shape index (κ2) is 13.1. The van der Waals surface area contributed by atoms with E-state index in [1.54, 1.807) is 0 Å². The van der Waals surface area contributed by atoms with Crippen LogP contribution in [0.1, 0.15) is 5.56 Å². The first kappa shape index (κ1) is 32.5. The van der Waals surface area contributed by atoms with Gasteiger partial charge in [0.05, 0.1) is 16.7 Å². The lowest BCUT2D eigenvalue weighted by atomic mass is 9.95. The summed E-state index contributed by atoms with van der Waals surface area (Å²) in [6.07, 6.45) is 0. The van der Waals surface area contributed by atoms with Crippen LogP contribution in [0.4, 0.5) is 17.1 Å². The molecule has 2 aromatic heterocycles. The van der Waals surface area contributed by atoms with Crippen molar-refractivity contribution in [2.75, 3.05) is 4.90 Å². The number of aryl methyl sites for hydroxylation is 1. The normalized spacial score (nSPS) is 11.7. The number of anilines is 3. The molecule has 0 saturated carbocycles. The predicted molar refractivity (Wildman–Crippen MR) is 241 cm³/mol. The third-order valence-corrected chi connectivity index (χ3v) is 12.5. The number of para-hydroxylation sites is 2. The maximum atomic E-state index is 2.42. The molecule has 0 bridgehead atoms. The molecule has 11 rings (SSSR count). The highest BCUT2D eigenvalue weighted by Gasteiger charge is 2.20. The summed E-state index contributed by atoms with van der Waals surface area (Å²) in [5, 5.41) is 7.58. The molecule has 9 aromatic carbocycles. The van der Waals surface area contributed by atoms with Gasteiger partial charge in [0.25, 0.3) is 0 Å². The molecule has 11 aromatic rings. The van der Waals surface area contributed by atoms with E-state index in [0.29, 0.717) is 0 Å². The summed E-state index contributed by atoms with van der Waals surface area (Å²) in [5.41, 5.74) is 13.1. The Bertz CT molecular complexity index is 3260. The molecule has 0 spiro atoms. The minimum atomic E-state index is 1.12. The SMILES string of the molecule is Cc1cccc(N(c2ccc(-c3cccc4c3sc3ccccc34)cc2)c2ccc(-c3ccc4c(c3)c3ccccc3n4-c3ccccc3)c3ccccc23)c1. The fourth-order valence-corrected chi connectivity index (χ4v) is 9.92. The minimum absolute atomic E-state index is 1.12. The zero-order valence-electron chi connectivity index (χ0n) is 30.9. The van der Waals surface area contributed by atoms with E-state index >= 15 is 0 Å². The Morgan fingerprint density at radius 2 is 1.09 bits per heavy atom. The lowest BCUT2D eigenvalue weighted by Crippen LogP contribution is -2.10. The van der Waals surface area contributed by atoms with Crippen molar-refractivity contribution in [3.05, 3.63) is 206 Å². The Balaban J connectivity index is 1.05. The van der Waals surface area contributed by atoms with Crippen LogP contribution in [-0.2, 0) is 0 Å². The van der Waals surface area contributed by atoms with Gasteiger partial charge in [-0.25, -0.2) is 0 Å². The number of hydrogen-bond acceptors (Lipinski definition) is 2. The van der Waals surface area contributed by atoms with Crippen LogP contribution in [0.3, 0.4) is 0 Å². The maximum Gasteiger partial charge on any atom is 0.0541 e. The zero-order chi connectivity index (χ0) is 37.2. The van der Waals surface area contributed by atoms with Crippen LogP contribution in [0.25, 0.3) is 80.7 Å². The molecule has 0 aliphatic heterocycles. The van der Waals surface area contributed by atoms with E-state index in [2.05, 4.69) is 217 Å². The second-order valence-corrected chi connectivity index (χ2v) is 15.7. The smallest absolute Gasteiger partial charge is 0.0541 e. The molecule has 0 fully saturated rings. The van der Waals surface area contributed by atoms with Gasteiger partial charge in [-0.1, -0.05) is 133 Å². The molecule has 0 aliphatic rings. The van der Waals surface area contributed by atoms with Gasteiger partial charge in [0.2, 0.25) is 0 Å². The number of rotatable bonds is 6. The average molecular weight is 733 g/mol. The van der Waals surface area contributed by atoms with Gasteiger partial charge in [-0.15, -0.1) is 11.3 Å². The van der Waals surface area contributed by atoms with Crippen molar-refractivity contribution in [3.8, 4) is 27.9 Å². The molecule has 0 amide bonds. The lowest BCUT2D eigenvalue weighted by molar-refractivity contribution is 1.18. The molecule has 56 heavy (non-hydrogen) atoms.